The maximum absolute atomic E-state index is 12.8. The number of nitrogens with one attached hydrogen (secondary N) is 1. The minimum absolute atomic E-state index is 0.158. The van der Waals surface area contributed by atoms with Crippen molar-refractivity contribution < 1.29 is 13.2 Å². The normalized spacial score (nSPS) is 12.8. The molecule has 1 atom stereocenters. The van der Waals surface area contributed by atoms with Gasteiger partial charge in [-0.25, -0.2) is 8.42 Å². The lowest BCUT2D eigenvalue weighted by molar-refractivity contribution is 0.0941. The number of fused-ring (bicyclic) bond motifs is 1. The molecule has 1 N–H and O–H groups in total. The van der Waals surface area contributed by atoms with E-state index in [1.54, 1.807) is 24.3 Å². The average molecular weight is 411 g/mol. The highest BCUT2D eigenvalue weighted by Crippen LogP contribution is 2.22. The molecule has 152 valence electrons. The third-order valence-corrected chi connectivity index (χ3v) is 7.17. The molecule has 0 aliphatic heterocycles. The molecule has 6 heteroatoms. The zero-order chi connectivity index (χ0) is 21.0. The molecule has 1 amide bonds. The summed E-state index contributed by atoms with van der Waals surface area (Å²) in [6.07, 6.45) is 0. The fourth-order valence-corrected chi connectivity index (χ4v) is 4.88. The molecule has 0 heterocycles. The van der Waals surface area contributed by atoms with Gasteiger partial charge in [0.1, 0.15) is 0 Å². The third-order valence-electron chi connectivity index (χ3n) is 5.11. The van der Waals surface area contributed by atoms with Gasteiger partial charge in [0, 0.05) is 18.7 Å². The molecular formula is C23H26N2O3S. The summed E-state index contributed by atoms with van der Waals surface area (Å²) in [6.45, 7) is 6.38. The van der Waals surface area contributed by atoms with Crippen molar-refractivity contribution in [2.45, 2.75) is 31.7 Å². The molecule has 3 aromatic carbocycles. The molecule has 0 saturated carbocycles. The highest BCUT2D eigenvalue weighted by Gasteiger charge is 2.22. The lowest BCUT2D eigenvalue weighted by Crippen LogP contribution is -2.30. The number of hydrogen-bond acceptors (Lipinski definition) is 3. The number of rotatable bonds is 7. The SMILES string of the molecule is CCN(CC)S(=O)(=O)c1ccc(C(C)NC(=O)c2cccc3ccccc23)cc1. The first-order valence-electron chi connectivity index (χ1n) is 9.77. The van der Waals surface area contributed by atoms with Gasteiger partial charge in [-0.05, 0) is 41.5 Å². The van der Waals surface area contributed by atoms with E-state index in [2.05, 4.69) is 5.32 Å². The summed E-state index contributed by atoms with van der Waals surface area (Å²) >= 11 is 0. The van der Waals surface area contributed by atoms with E-state index in [0.29, 0.717) is 18.7 Å². The Kier molecular flexibility index (Phi) is 6.35. The number of carbonyl (C=O) groups is 1. The van der Waals surface area contributed by atoms with Gasteiger partial charge in [0.25, 0.3) is 5.91 Å². The minimum Gasteiger partial charge on any atom is -0.345 e. The fraction of sp³-hybridized carbons (Fsp3) is 0.261. The van der Waals surface area contributed by atoms with Crippen molar-refractivity contribution in [1.82, 2.24) is 9.62 Å². The van der Waals surface area contributed by atoms with Crippen molar-refractivity contribution in [3.63, 3.8) is 0 Å². The van der Waals surface area contributed by atoms with E-state index in [9.17, 15) is 13.2 Å². The lowest BCUT2D eigenvalue weighted by atomic mass is 10.0. The monoisotopic (exact) mass is 410 g/mol. The van der Waals surface area contributed by atoms with E-state index >= 15 is 0 Å². The van der Waals surface area contributed by atoms with Crippen molar-refractivity contribution in [2.24, 2.45) is 0 Å². The molecule has 5 nitrogen and oxygen atoms in total. The topological polar surface area (TPSA) is 66.5 Å². The summed E-state index contributed by atoms with van der Waals surface area (Å²) in [7, 11) is -3.49. The van der Waals surface area contributed by atoms with Crippen LogP contribution in [0.15, 0.2) is 71.6 Å². The Labute approximate surface area is 172 Å². The van der Waals surface area contributed by atoms with Crippen molar-refractivity contribution in [1.29, 1.82) is 0 Å². The number of amides is 1. The second-order valence-electron chi connectivity index (χ2n) is 6.88. The Morgan fingerprint density at radius 1 is 0.931 bits per heavy atom. The first-order chi connectivity index (χ1) is 13.9. The van der Waals surface area contributed by atoms with Crippen LogP contribution in [0.1, 0.15) is 42.7 Å². The maximum Gasteiger partial charge on any atom is 0.252 e. The van der Waals surface area contributed by atoms with Gasteiger partial charge in [-0.2, -0.15) is 4.31 Å². The standard InChI is InChI=1S/C23H26N2O3S/c1-4-25(5-2)29(27,28)20-15-13-18(14-16-20)17(3)24-23(26)22-12-8-10-19-9-6-7-11-21(19)22/h6-17H,4-5H2,1-3H3,(H,24,26). The highest BCUT2D eigenvalue weighted by atomic mass is 32.2. The second-order valence-corrected chi connectivity index (χ2v) is 8.82. The molecule has 0 spiro atoms. The van der Waals surface area contributed by atoms with Gasteiger partial charge in [0.2, 0.25) is 10.0 Å². The third kappa shape index (κ3) is 4.33. The number of carbonyl (C=O) groups excluding carboxylic acids is 1. The van der Waals surface area contributed by atoms with Crippen LogP contribution in [0.2, 0.25) is 0 Å². The van der Waals surface area contributed by atoms with E-state index in [1.807, 2.05) is 63.2 Å². The maximum atomic E-state index is 12.8. The van der Waals surface area contributed by atoms with Gasteiger partial charge in [0.05, 0.1) is 10.9 Å². The van der Waals surface area contributed by atoms with Crippen molar-refractivity contribution in [3.8, 4) is 0 Å². The van der Waals surface area contributed by atoms with Gasteiger partial charge in [0.15, 0.2) is 0 Å². The van der Waals surface area contributed by atoms with E-state index in [4.69, 9.17) is 0 Å². The summed E-state index contributed by atoms with van der Waals surface area (Å²) in [5.41, 5.74) is 1.47. The first kappa shape index (κ1) is 21.0. The zero-order valence-electron chi connectivity index (χ0n) is 16.9. The number of benzene rings is 3. The highest BCUT2D eigenvalue weighted by molar-refractivity contribution is 7.89. The van der Waals surface area contributed by atoms with E-state index in [-0.39, 0.29) is 16.8 Å². The molecule has 0 radical (unpaired) electrons. The Balaban J connectivity index is 1.79. The molecule has 0 aliphatic carbocycles. The molecule has 3 rings (SSSR count). The Morgan fingerprint density at radius 3 is 2.21 bits per heavy atom. The molecule has 0 aliphatic rings. The van der Waals surface area contributed by atoms with Crippen LogP contribution >= 0.6 is 0 Å². The molecule has 3 aromatic rings. The average Bonchev–Trinajstić information content (AvgIpc) is 2.74. The van der Waals surface area contributed by atoms with E-state index < -0.39 is 10.0 Å². The molecule has 1 unspecified atom stereocenters. The van der Waals surface area contributed by atoms with E-state index in [0.717, 1.165) is 16.3 Å². The summed E-state index contributed by atoms with van der Waals surface area (Å²) in [5, 5.41) is 4.92. The Hall–Kier alpha value is -2.70. The molecule has 0 fully saturated rings. The number of sulfonamides is 1. The number of nitrogens with zero attached hydrogens (tertiary/aromatic N) is 1. The van der Waals surface area contributed by atoms with Crippen LogP contribution in [-0.4, -0.2) is 31.7 Å². The minimum atomic E-state index is -3.49. The summed E-state index contributed by atoms with van der Waals surface area (Å²) < 4.78 is 26.7. The molecular weight excluding hydrogens is 384 g/mol. The zero-order valence-corrected chi connectivity index (χ0v) is 17.7. The van der Waals surface area contributed by atoms with Crippen LogP contribution < -0.4 is 5.32 Å². The lowest BCUT2D eigenvalue weighted by Gasteiger charge is -2.19. The van der Waals surface area contributed by atoms with E-state index in [1.165, 1.54) is 4.31 Å². The van der Waals surface area contributed by atoms with Crippen LogP contribution in [0, 0.1) is 0 Å². The van der Waals surface area contributed by atoms with Crippen LogP contribution in [0.5, 0.6) is 0 Å². The largest absolute Gasteiger partial charge is 0.345 e. The second kappa shape index (κ2) is 8.76. The van der Waals surface area contributed by atoms with Crippen LogP contribution in [0.4, 0.5) is 0 Å². The molecule has 29 heavy (non-hydrogen) atoms. The smallest absolute Gasteiger partial charge is 0.252 e. The molecule has 0 bridgehead atoms. The van der Waals surface area contributed by atoms with Gasteiger partial charge in [-0.1, -0.05) is 62.4 Å². The number of hydrogen-bond donors (Lipinski definition) is 1. The van der Waals surface area contributed by atoms with Crippen molar-refractivity contribution in [3.05, 3.63) is 77.9 Å². The fourth-order valence-electron chi connectivity index (χ4n) is 3.42. The van der Waals surface area contributed by atoms with Crippen LogP contribution in [0.25, 0.3) is 10.8 Å². The quantitative estimate of drug-likeness (QED) is 0.629. The predicted octanol–water partition coefficient (Wildman–Crippen LogP) is 4.36. The summed E-state index contributed by atoms with van der Waals surface area (Å²) in [6, 6.07) is 19.9. The van der Waals surface area contributed by atoms with Gasteiger partial charge < -0.3 is 5.32 Å². The van der Waals surface area contributed by atoms with Crippen molar-refractivity contribution >= 4 is 26.7 Å². The van der Waals surface area contributed by atoms with Crippen LogP contribution in [0.3, 0.4) is 0 Å². The predicted molar refractivity (Wildman–Crippen MR) is 116 cm³/mol. The van der Waals surface area contributed by atoms with Gasteiger partial charge >= 0.3 is 0 Å². The van der Waals surface area contributed by atoms with Gasteiger partial charge in [-0.15, -0.1) is 0 Å². The van der Waals surface area contributed by atoms with Crippen molar-refractivity contribution in [2.75, 3.05) is 13.1 Å². The molecule has 0 aromatic heterocycles. The Bertz CT molecular complexity index is 1100. The summed E-state index contributed by atoms with van der Waals surface area (Å²) in [4.78, 5) is 13.1. The van der Waals surface area contributed by atoms with Gasteiger partial charge in [-0.3, -0.25) is 4.79 Å². The Morgan fingerprint density at radius 2 is 1.55 bits per heavy atom. The first-order valence-corrected chi connectivity index (χ1v) is 11.2. The molecule has 0 saturated heterocycles. The summed E-state index contributed by atoms with van der Waals surface area (Å²) in [5.74, 6) is -0.158. The van der Waals surface area contributed by atoms with Crippen LogP contribution in [-0.2, 0) is 10.0 Å².